The van der Waals surface area contributed by atoms with Gasteiger partial charge in [-0.15, -0.1) is 0 Å². The van der Waals surface area contributed by atoms with Crippen molar-refractivity contribution in [2.45, 2.75) is 24.6 Å². The molecule has 1 fully saturated rings. The summed E-state index contributed by atoms with van der Waals surface area (Å²) in [4.78, 5) is 6.50. The molecule has 1 saturated heterocycles. The van der Waals surface area contributed by atoms with Gasteiger partial charge in [0.15, 0.2) is 0 Å². The van der Waals surface area contributed by atoms with Crippen molar-refractivity contribution in [1.82, 2.24) is 14.5 Å². The molecule has 0 radical (unpaired) electrons. The van der Waals surface area contributed by atoms with Gasteiger partial charge in [0.05, 0.1) is 11.7 Å². The fourth-order valence-electron chi connectivity index (χ4n) is 3.22. The van der Waals surface area contributed by atoms with E-state index in [4.69, 9.17) is 0 Å². The normalized spacial score (nSPS) is 20.5. The Labute approximate surface area is 138 Å². The zero-order chi connectivity index (χ0) is 17.3. The number of hydrogen-bond acceptors (Lipinski definition) is 3. The molecular formula is C17H20F3N3O. The van der Waals surface area contributed by atoms with Crippen molar-refractivity contribution in [2.75, 3.05) is 19.6 Å². The van der Waals surface area contributed by atoms with Crippen molar-refractivity contribution in [1.29, 1.82) is 0 Å². The van der Waals surface area contributed by atoms with E-state index in [1.54, 1.807) is 6.20 Å². The van der Waals surface area contributed by atoms with Crippen LogP contribution in [0.1, 0.15) is 35.4 Å². The van der Waals surface area contributed by atoms with Crippen molar-refractivity contribution in [2.24, 2.45) is 7.05 Å². The smallest absolute Gasteiger partial charge is 0.387 e. The number of rotatable bonds is 4. The van der Waals surface area contributed by atoms with Crippen LogP contribution in [0.2, 0.25) is 0 Å². The molecule has 2 atom stereocenters. The van der Waals surface area contributed by atoms with Crippen LogP contribution in [0.5, 0.6) is 0 Å². The highest BCUT2D eigenvalue weighted by Crippen LogP contribution is 2.31. The van der Waals surface area contributed by atoms with Gasteiger partial charge in [0.2, 0.25) is 0 Å². The van der Waals surface area contributed by atoms with E-state index in [2.05, 4.69) is 9.88 Å². The van der Waals surface area contributed by atoms with Gasteiger partial charge in [0.25, 0.3) is 0 Å². The number of β-amino-alcohol motifs (C(OH)–C–C–N with tert-alkyl or cyclic N) is 1. The topological polar surface area (TPSA) is 41.3 Å². The molecule has 1 aliphatic heterocycles. The minimum absolute atomic E-state index is 0.324. The quantitative estimate of drug-likeness (QED) is 0.931. The van der Waals surface area contributed by atoms with Gasteiger partial charge in [0.1, 0.15) is 5.82 Å². The predicted octanol–water partition coefficient (Wildman–Crippen LogP) is 2.96. The van der Waals surface area contributed by atoms with Crippen LogP contribution in [0.4, 0.5) is 13.2 Å². The average molecular weight is 339 g/mol. The lowest BCUT2D eigenvalue weighted by Gasteiger charge is -2.20. The number of aryl methyl sites for hydroxylation is 1. The summed E-state index contributed by atoms with van der Waals surface area (Å²) in [5, 5.41) is 10.3. The van der Waals surface area contributed by atoms with Gasteiger partial charge in [-0.05, 0) is 30.7 Å². The first-order valence-corrected chi connectivity index (χ1v) is 7.89. The minimum Gasteiger partial charge on any atom is -0.387 e. The van der Waals surface area contributed by atoms with Crippen LogP contribution in [0.25, 0.3) is 0 Å². The molecule has 1 unspecified atom stereocenters. The van der Waals surface area contributed by atoms with Gasteiger partial charge < -0.3 is 9.67 Å². The Bertz CT molecular complexity index is 681. The van der Waals surface area contributed by atoms with Crippen LogP contribution in [-0.4, -0.2) is 39.2 Å². The van der Waals surface area contributed by atoms with Crippen molar-refractivity contribution in [3.05, 3.63) is 53.6 Å². The van der Waals surface area contributed by atoms with Crippen LogP contribution in [-0.2, 0) is 13.2 Å². The lowest BCUT2D eigenvalue weighted by molar-refractivity contribution is -0.137. The Hall–Kier alpha value is -1.86. The Morgan fingerprint density at radius 2 is 2.00 bits per heavy atom. The molecule has 0 spiro atoms. The molecule has 2 aromatic rings. The minimum atomic E-state index is -4.35. The zero-order valence-corrected chi connectivity index (χ0v) is 13.4. The summed E-state index contributed by atoms with van der Waals surface area (Å²) in [7, 11) is 1.96. The van der Waals surface area contributed by atoms with Gasteiger partial charge in [-0.2, -0.15) is 13.2 Å². The summed E-state index contributed by atoms with van der Waals surface area (Å²) in [5.74, 6) is 1.35. The van der Waals surface area contributed by atoms with Gasteiger partial charge in [-0.3, -0.25) is 4.90 Å². The molecule has 130 valence electrons. The number of likely N-dealkylation sites (tertiary alicyclic amines) is 1. The van der Waals surface area contributed by atoms with E-state index in [-0.39, 0.29) is 0 Å². The highest BCUT2D eigenvalue weighted by atomic mass is 19.4. The first-order chi connectivity index (χ1) is 11.3. The zero-order valence-electron chi connectivity index (χ0n) is 13.4. The molecule has 1 N–H and O–H groups in total. The second kappa shape index (κ2) is 6.57. The molecule has 0 bridgehead atoms. The lowest BCUT2D eigenvalue weighted by Crippen LogP contribution is -2.26. The predicted molar refractivity (Wildman–Crippen MR) is 83.4 cm³/mol. The summed E-state index contributed by atoms with van der Waals surface area (Å²) >= 11 is 0. The number of halogens is 3. The number of aliphatic hydroxyl groups excluding tert-OH is 1. The Morgan fingerprint density at radius 1 is 1.29 bits per heavy atom. The van der Waals surface area contributed by atoms with E-state index in [9.17, 15) is 18.3 Å². The Balaban J connectivity index is 1.59. The molecule has 1 aromatic heterocycles. The summed E-state index contributed by atoms with van der Waals surface area (Å²) in [5.41, 5.74) is -0.196. The summed E-state index contributed by atoms with van der Waals surface area (Å²) in [6.45, 7) is 2.05. The molecule has 24 heavy (non-hydrogen) atoms. The molecule has 0 aliphatic carbocycles. The van der Waals surface area contributed by atoms with Gasteiger partial charge in [-0.1, -0.05) is 12.1 Å². The van der Waals surface area contributed by atoms with Crippen LogP contribution in [0.3, 0.4) is 0 Å². The largest absolute Gasteiger partial charge is 0.416 e. The summed E-state index contributed by atoms with van der Waals surface area (Å²) in [6.07, 6.45) is -0.505. The van der Waals surface area contributed by atoms with Crippen molar-refractivity contribution in [3.63, 3.8) is 0 Å². The highest BCUT2D eigenvalue weighted by molar-refractivity contribution is 5.26. The molecule has 7 heteroatoms. The number of imidazole rings is 1. The second-order valence-electron chi connectivity index (χ2n) is 6.28. The van der Waals surface area contributed by atoms with E-state index in [0.717, 1.165) is 37.5 Å². The van der Waals surface area contributed by atoms with Gasteiger partial charge in [0, 0.05) is 38.4 Å². The van der Waals surface area contributed by atoms with Crippen LogP contribution < -0.4 is 0 Å². The third kappa shape index (κ3) is 3.62. The van der Waals surface area contributed by atoms with E-state index in [1.165, 1.54) is 12.1 Å². The van der Waals surface area contributed by atoms with E-state index in [1.807, 2.05) is 17.8 Å². The van der Waals surface area contributed by atoms with E-state index >= 15 is 0 Å². The van der Waals surface area contributed by atoms with Crippen LogP contribution in [0.15, 0.2) is 36.7 Å². The van der Waals surface area contributed by atoms with Crippen molar-refractivity contribution < 1.29 is 18.3 Å². The fourth-order valence-corrected chi connectivity index (χ4v) is 3.22. The summed E-state index contributed by atoms with van der Waals surface area (Å²) < 4.78 is 39.7. The third-order valence-corrected chi connectivity index (χ3v) is 4.55. The molecular weight excluding hydrogens is 319 g/mol. The SMILES string of the molecule is Cn1ccnc1C1CCN(C[C@@H](O)c2ccc(C(F)(F)F)cc2)C1. The average Bonchev–Trinajstić information content (AvgIpc) is 3.15. The molecule has 1 aromatic carbocycles. The lowest BCUT2D eigenvalue weighted by atomic mass is 10.1. The second-order valence-corrected chi connectivity index (χ2v) is 6.28. The number of alkyl halides is 3. The standard InChI is InChI=1S/C17H20F3N3O/c1-22-9-7-21-16(22)13-6-8-23(10-13)11-15(24)12-2-4-14(5-3-12)17(18,19)20/h2-5,7,9,13,15,24H,6,8,10-11H2,1H3/t13?,15-/m1/s1. The molecule has 0 saturated carbocycles. The number of nitrogens with zero attached hydrogens (tertiary/aromatic N) is 3. The third-order valence-electron chi connectivity index (χ3n) is 4.55. The Kier molecular flexibility index (Phi) is 4.64. The van der Waals surface area contributed by atoms with Crippen LogP contribution >= 0.6 is 0 Å². The van der Waals surface area contributed by atoms with Crippen molar-refractivity contribution in [3.8, 4) is 0 Å². The maximum Gasteiger partial charge on any atom is 0.416 e. The number of benzene rings is 1. The molecule has 4 nitrogen and oxygen atoms in total. The molecule has 1 aliphatic rings. The molecule has 0 amide bonds. The van der Waals surface area contributed by atoms with Crippen LogP contribution in [0, 0.1) is 0 Å². The maximum absolute atomic E-state index is 12.6. The monoisotopic (exact) mass is 339 g/mol. The van der Waals surface area contributed by atoms with E-state index < -0.39 is 17.8 Å². The Morgan fingerprint density at radius 3 is 2.58 bits per heavy atom. The first-order valence-electron chi connectivity index (χ1n) is 7.89. The van der Waals surface area contributed by atoms with Gasteiger partial charge in [-0.25, -0.2) is 4.98 Å². The summed E-state index contributed by atoms with van der Waals surface area (Å²) in [6, 6.07) is 4.72. The maximum atomic E-state index is 12.6. The van der Waals surface area contributed by atoms with E-state index in [0.29, 0.717) is 18.0 Å². The molecule has 2 heterocycles. The highest BCUT2D eigenvalue weighted by Gasteiger charge is 2.31. The van der Waals surface area contributed by atoms with Gasteiger partial charge >= 0.3 is 6.18 Å². The first kappa shape index (κ1) is 17.0. The number of aromatic nitrogens is 2. The van der Waals surface area contributed by atoms with Crippen molar-refractivity contribution >= 4 is 0 Å². The number of aliphatic hydroxyl groups is 1. The molecule has 3 rings (SSSR count). The fraction of sp³-hybridized carbons (Fsp3) is 0.471. The number of hydrogen-bond donors (Lipinski definition) is 1.